The van der Waals surface area contributed by atoms with Crippen LogP contribution in [0.25, 0.3) is 5.76 Å². The van der Waals surface area contributed by atoms with Crippen LogP contribution in [0.1, 0.15) is 22.2 Å². The summed E-state index contributed by atoms with van der Waals surface area (Å²) in [4.78, 5) is 37.9. The molecule has 32 heavy (non-hydrogen) atoms. The molecule has 2 heterocycles. The van der Waals surface area contributed by atoms with Crippen molar-refractivity contribution in [1.82, 2.24) is 10.2 Å². The summed E-state index contributed by atoms with van der Waals surface area (Å²) < 4.78 is 5.11. The number of nitro groups is 1. The SMILES string of the molecule is COc1ccc(/C(O)=C2/C(=O)C(=O)N(c3nnc(C)s3)C2c2cccc([N+](=O)[O-])c2)cc1. The highest BCUT2D eigenvalue weighted by Gasteiger charge is 2.48. The zero-order valence-electron chi connectivity index (χ0n) is 16.9. The van der Waals surface area contributed by atoms with Gasteiger partial charge in [-0.25, -0.2) is 0 Å². The fraction of sp³-hybridized carbons (Fsp3) is 0.143. The molecule has 1 N–H and O–H groups in total. The first-order valence-corrected chi connectivity index (χ1v) is 10.1. The number of amides is 1. The van der Waals surface area contributed by atoms with Crippen molar-refractivity contribution in [3.8, 4) is 5.75 Å². The number of anilines is 1. The van der Waals surface area contributed by atoms with Gasteiger partial charge < -0.3 is 9.84 Å². The van der Waals surface area contributed by atoms with Crippen LogP contribution in [0.3, 0.4) is 0 Å². The number of carbonyl (C=O) groups excluding carboxylic acids is 2. The number of aliphatic hydroxyl groups excluding tert-OH is 1. The molecule has 0 saturated carbocycles. The molecule has 0 spiro atoms. The normalized spacial score (nSPS) is 17.6. The number of aromatic nitrogens is 2. The molecule has 4 rings (SSSR count). The van der Waals surface area contributed by atoms with Crippen molar-refractivity contribution in [2.75, 3.05) is 12.0 Å². The molecule has 1 saturated heterocycles. The summed E-state index contributed by atoms with van der Waals surface area (Å²) in [5.41, 5.74) is 0.147. The van der Waals surface area contributed by atoms with Gasteiger partial charge in [-0.05, 0) is 36.8 Å². The highest BCUT2D eigenvalue weighted by molar-refractivity contribution is 7.15. The number of nitrogens with zero attached hydrogens (tertiary/aromatic N) is 4. The minimum Gasteiger partial charge on any atom is -0.507 e. The van der Waals surface area contributed by atoms with E-state index < -0.39 is 28.4 Å². The average molecular weight is 452 g/mol. The zero-order valence-corrected chi connectivity index (χ0v) is 17.7. The summed E-state index contributed by atoms with van der Waals surface area (Å²) in [6, 6.07) is 10.7. The van der Waals surface area contributed by atoms with Gasteiger partial charge in [-0.1, -0.05) is 23.5 Å². The number of ketones is 1. The summed E-state index contributed by atoms with van der Waals surface area (Å²) in [6.07, 6.45) is 0. The minimum absolute atomic E-state index is 0.148. The van der Waals surface area contributed by atoms with E-state index in [1.165, 1.54) is 25.3 Å². The Hall–Kier alpha value is -4.12. The highest BCUT2D eigenvalue weighted by atomic mass is 32.1. The van der Waals surface area contributed by atoms with Crippen molar-refractivity contribution >= 4 is 39.6 Å². The molecule has 1 atom stereocenters. The second-order valence-electron chi connectivity index (χ2n) is 6.85. The van der Waals surface area contributed by atoms with E-state index in [0.717, 1.165) is 16.2 Å². The third-order valence-corrected chi connectivity index (χ3v) is 5.76. The van der Waals surface area contributed by atoms with Crippen molar-refractivity contribution in [3.05, 3.63) is 80.4 Å². The Balaban J connectivity index is 1.94. The maximum atomic E-state index is 13.0. The first-order valence-electron chi connectivity index (χ1n) is 9.31. The first kappa shape index (κ1) is 21.1. The summed E-state index contributed by atoms with van der Waals surface area (Å²) in [5, 5.41) is 30.9. The Morgan fingerprint density at radius 1 is 1.19 bits per heavy atom. The number of aryl methyl sites for hydroxylation is 1. The van der Waals surface area contributed by atoms with Crippen LogP contribution in [0.4, 0.5) is 10.8 Å². The molecule has 1 amide bonds. The Morgan fingerprint density at radius 3 is 2.50 bits per heavy atom. The molecule has 1 aromatic heterocycles. The van der Waals surface area contributed by atoms with Crippen LogP contribution in [0.2, 0.25) is 0 Å². The van der Waals surface area contributed by atoms with Gasteiger partial charge in [-0.2, -0.15) is 0 Å². The van der Waals surface area contributed by atoms with Crippen LogP contribution in [-0.4, -0.2) is 39.0 Å². The van der Waals surface area contributed by atoms with Gasteiger partial charge in [-0.3, -0.25) is 24.6 Å². The minimum atomic E-state index is -1.12. The number of hydrogen-bond donors (Lipinski definition) is 1. The Bertz CT molecular complexity index is 1270. The lowest BCUT2D eigenvalue weighted by Gasteiger charge is -2.22. The van der Waals surface area contributed by atoms with Gasteiger partial charge in [0.1, 0.15) is 16.5 Å². The Kier molecular flexibility index (Phi) is 5.41. The van der Waals surface area contributed by atoms with Crippen LogP contribution in [0.5, 0.6) is 5.75 Å². The van der Waals surface area contributed by atoms with Gasteiger partial charge in [0.25, 0.3) is 11.5 Å². The monoisotopic (exact) mass is 452 g/mol. The van der Waals surface area contributed by atoms with Crippen LogP contribution in [-0.2, 0) is 9.59 Å². The number of carbonyl (C=O) groups is 2. The van der Waals surface area contributed by atoms with Crippen molar-refractivity contribution in [1.29, 1.82) is 0 Å². The lowest BCUT2D eigenvalue weighted by molar-refractivity contribution is -0.384. The van der Waals surface area contributed by atoms with Gasteiger partial charge in [0.05, 0.1) is 23.6 Å². The van der Waals surface area contributed by atoms with Gasteiger partial charge in [-0.15, -0.1) is 10.2 Å². The van der Waals surface area contributed by atoms with Crippen LogP contribution >= 0.6 is 11.3 Å². The number of aliphatic hydroxyl groups is 1. The molecule has 1 aliphatic heterocycles. The zero-order chi connectivity index (χ0) is 23.0. The molecule has 2 aromatic carbocycles. The van der Waals surface area contributed by atoms with Crippen molar-refractivity contribution < 1.29 is 24.4 Å². The third kappa shape index (κ3) is 3.58. The molecule has 0 aliphatic carbocycles. The predicted molar refractivity (Wildman–Crippen MR) is 116 cm³/mol. The van der Waals surface area contributed by atoms with Gasteiger partial charge in [0, 0.05) is 17.7 Å². The molecule has 0 radical (unpaired) electrons. The lowest BCUT2D eigenvalue weighted by atomic mass is 9.95. The third-order valence-electron chi connectivity index (χ3n) is 4.93. The molecule has 1 unspecified atom stereocenters. The largest absolute Gasteiger partial charge is 0.507 e. The molecule has 1 aliphatic rings. The number of non-ortho nitro benzene ring substituents is 1. The summed E-state index contributed by atoms with van der Waals surface area (Å²) in [5.74, 6) is -1.71. The molecular weight excluding hydrogens is 436 g/mol. The fourth-order valence-electron chi connectivity index (χ4n) is 3.44. The van der Waals surface area contributed by atoms with E-state index in [-0.39, 0.29) is 27.5 Å². The molecule has 3 aromatic rings. The Morgan fingerprint density at radius 2 is 1.91 bits per heavy atom. The number of Topliss-reactive ketones (excluding diaryl/α,β-unsaturated/α-hetero) is 1. The van der Waals surface area contributed by atoms with Crippen LogP contribution in [0, 0.1) is 17.0 Å². The Labute approximate surface area is 185 Å². The van der Waals surface area contributed by atoms with Gasteiger partial charge in [0.2, 0.25) is 5.13 Å². The van der Waals surface area contributed by atoms with Crippen LogP contribution in [0.15, 0.2) is 54.1 Å². The topological polar surface area (TPSA) is 136 Å². The van der Waals surface area contributed by atoms with Gasteiger partial charge in [0.15, 0.2) is 0 Å². The maximum Gasteiger partial charge on any atom is 0.301 e. The van der Waals surface area contributed by atoms with Crippen molar-refractivity contribution in [2.24, 2.45) is 0 Å². The van der Waals surface area contributed by atoms with Crippen molar-refractivity contribution in [3.63, 3.8) is 0 Å². The average Bonchev–Trinajstić information content (AvgIpc) is 3.34. The molecule has 10 nitrogen and oxygen atoms in total. The van der Waals surface area contributed by atoms with E-state index in [0.29, 0.717) is 10.8 Å². The quantitative estimate of drug-likeness (QED) is 0.205. The van der Waals surface area contributed by atoms with E-state index in [1.807, 2.05) is 0 Å². The van der Waals surface area contributed by atoms with E-state index in [2.05, 4.69) is 10.2 Å². The van der Waals surface area contributed by atoms with E-state index >= 15 is 0 Å². The summed E-state index contributed by atoms with van der Waals surface area (Å²) in [7, 11) is 1.49. The van der Waals surface area contributed by atoms with Crippen molar-refractivity contribution in [2.45, 2.75) is 13.0 Å². The number of nitro benzene ring substituents is 1. The second kappa shape index (κ2) is 8.19. The number of ether oxygens (including phenoxy) is 1. The van der Waals surface area contributed by atoms with E-state index in [4.69, 9.17) is 4.74 Å². The van der Waals surface area contributed by atoms with Crippen LogP contribution < -0.4 is 9.64 Å². The first-order chi connectivity index (χ1) is 15.3. The lowest BCUT2D eigenvalue weighted by Crippen LogP contribution is -2.29. The second-order valence-corrected chi connectivity index (χ2v) is 8.01. The number of hydrogen-bond acceptors (Lipinski definition) is 9. The fourth-order valence-corrected chi connectivity index (χ4v) is 4.16. The maximum absolute atomic E-state index is 13.0. The molecule has 11 heteroatoms. The smallest absolute Gasteiger partial charge is 0.301 e. The highest BCUT2D eigenvalue weighted by Crippen LogP contribution is 2.43. The predicted octanol–water partition coefficient (Wildman–Crippen LogP) is 3.39. The summed E-state index contributed by atoms with van der Waals surface area (Å²) in [6.45, 7) is 1.69. The number of rotatable bonds is 5. The van der Waals surface area contributed by atoms with E-state index in [1.54, 1.807) is 37.3 Å². The number of methoxy groups -OCH3 is 1. The molecular formula is C21H16N4O6S. The van der Waals surface area contributed by atoms with Gasteiger partial charge >= 0.3 is 5.91 Å². The van der Waals surface area contributed by atoms with E-state index in [9.17, 15) is 24.8 Å². The molecule has 162 valence electrons. The summed E-state index contributed by atoms with van der Waals surface area (Å²) >= 11 is 1.09. The standard InChI is InChI=1S/C21H16N4O6S/c1-11-22-23-21(32-11)24-17(13-4-3-5-14(10-13)25(29)30)16(19(27)20(24)28)18(26)12-6-8-15(31-2)9-7-12/h3-10,17,26H,1-2H3/b18-16-. The number of benzene rings is 2. The molecule has 1 fully saturated rings. The molecule has 0 bridgehead atoms.